The maximum atomic E-state index is 11.3. The first-order valence-electron chi connectivity index (χ1n) is 5.38. The smallest absolute Gasteiger partial charge is 0.264 e. The molecule has 0 aliphatic carbocycles. The van der Waals surface area contributed by atoms with E-state index < -0.39 is 29.7 Å². The quantitative estimate of drug-likeness (QED) is 0.485. The Bertz CT molecular complexity index is 313. The van der Waals surface area contributed by atoms with Crippen LogP contribution in [-0.4, -0.2) is 23.1 Å². The van der Waals surface area contributed by atoms with Crippen molar-refractivity contribution in [3.63, 3.8) is 0 Å². The highest BCUT2D eigenvalue weighted by molar-refractivity contribution is 6.65. The predicted molar refractivity (Wildman–Crippen MR) is 58.9 cm³/mol. The zero-order valence-corrected chi connectivity index (χ0v) is 10.2. The molecular weight excluding hydrogens is 208 g/mol. The molecule has 0 saturated heterocycles. The fourth-order valence-electron chi connectivity index (χ4n) is 1.19. The summed E-state index contributed by atoms with van der Waals surface area (Å²) >= 11 is 0. The lowest BCUT2D eigenvalue weighted by Crippen LogP contribution is -2.29. The molecule has 0 atom stereocenters. The van der Waals surface area contributed by atoms with Crippen LogP contribution in [-0.2, 0) is 19.2 Å². The molecule has 4 nitrogen and oxygen atoms in total. The average molecular weight is 226 g/mol. The summed E-state index contributed by atoms with van der Waals surface area (Å²) in [6.45, 7) is 6.79. The Balaban J connectivity index is 4.32. The largest absolute Gasteiger partial charge is 0.299 e. The van der Waals surface area contributed by atoms with Gasteiger partial charge in [0.05, 0.1) is 6.42 Å². The molecule has 0 fully saturated rings. The van der Waals surface area contributed by atoms with Crippen LogP contribution >= 0.6 is 0 Å². The maximum Gasteiger partial charge on any atom is 0.264 e. The Hall–Kier alpha value is -1.32. The first kappa shape index (κ1) is 14.7. The number of rotatable bonds is 7. The van der Waals surface area contributed by atoms with Crippen LogP contribution in [0.15, 0.2) is 0 Å². The molecule has 16 heavy (non-hydrogen) atoms. The van der Waals surface area contributed by atoms with Gasteiger partial charge in [0.25, 0.3) is 5.78 Å². The van der Waals surface area contributed by atoms with E-state index in [0.29, 0.717) is 0 Å². The first-order valence-corrected chi connectivity index (χ1v) is 5.38. The topological polar surface area (TPSA) is 68.3 Å². The van der Waals surface area contributed by atoms with Gasteiger partial charge in [-0.1, -0.05) is 27.7 Å². The summed E-state index contributed by atoms with van der Waals surface area (Å²) in [6, 6.07) is 0. The highest BCUT2D eigenvalue weighted by atomic mass is 16.2. The number of carbonyl (C=O) groups is 4. The molecule has 0 aromatic rings. The van der Waals surface area contributed by atoms with Gasteiger partial charge in [-0.3, -0.25) is 19.2 Å². The minimum Gasteiger partial charge on any atom is -0.299 e. The number of Topliss-reactive ketones (excluding diaryl/α,β-unsaturated/α-hetero) is 4. The van der Waals surface area contributed by atoms with E-state index in [1.165, 1.54) is 0 Å². The minimum atomic E-state index is -1.05. The first-order chi connectivity index (χ1) is 7.25. The van der Waals surface area contributed by atoms with Gasteiger partial charge in [-0.05, 0) is 5.92 Å². The molecule has 0 spiro atoms. The lowest BCUT2D eigenvalue weighted by atomic mass is 9.97. The molecule has 90 valence electrons. The van der Waals surface area contributed by atoms with Crippen molar-refractivity contribution in [3.8, 4) is 0 Å². The lowest BCUT2D eigenvalue weighted by molar-refractivity contribution is -0.146. The number of carbonyl (C=O) groups excluding carboxylic acids is 4. The van der Waals surface area contributed by atoms with Crippen molar-refractivity contribution in [2.45, 2.75) is 40.5 Å². The Morgan fingerprint density at radius 2 is 1.44 bits per heavy atom. The van der Waals surface area contributed by atoms with Crippen LogP contribution in [0.3, 0.4) is 0 Å². The fraction of sp³-hybridized carbons (Fsp3) is 0.667. The Kier molecular flexibility index (Phi) is 5.78. The normalized spacial score (nSPS) is 10.6. The van der Waals surface area contributed by atoms with Gasteiger partial charge >= 0.3 is 0 Å². The maximum absolute atomic E-state index is 11.3. The van der Waals surface area contributed by atoms with Crippen molar-refractivity contribution in [1.29, 1.82) is 0 Å². The second-order valence-electron chi connectivity index (χ2n) is 4.58. The third-order valence-electron chi connectivity index (χ3n) is 2.00. The molecule has 0 radical (unpaired) electrons. The van der Waals surface area contributed by atoms with Crippen LogP contribution < -0.4 is 0 Å². The van der Waals surface area contributed by atoms with Crippen molar-refractivity contribution >= 4 is 23.1 Å². The van der Waals surface area contributed by atoms with Crippen LogP contribution in [0, 0.1) is 11.8 Å². The number of ketones is 4. The molecule has 0 aromatic heterocycles. The van der Waals surface area contributed by atoms with Gasteiger partial charge in [0.15, 0.2) is 0 Å². The van der Waals surface area contributed by atoms with E-state index >= 15 is 0 Å². The molecule has 0 saturated carbocycles. The van der Waals surface area contributed by atoms with Gasteiger partial charge in [-0.15, -0.1) is 0 Å². The van der Waals surface area contributed by atoms with Crippen molar-refractivity contribution in [2.75, 3.05) is 0 Å². The summed E-state index contributed by atoms with van der Waals surface area (Å²) in [5.41, 5.74) is 0. The summed E-state index contributed by atoms with van der Waals surface area (Å²) in [4.78, 5) is 45.0. The van der Waals surface area contributed by atoms with Crippen molar-refractivity contribution in [1.82, 2.24) is 0 Å². The highest BCUT2D eigenvalue weighted by Crippen LogP contribution is 2.05. The number of hydrogen-bond donors (Lipinski definition) is 0. The third-order valence-corrected chi connectivity index (χ3v) is 2.00. The Morgan fingerprint density at radius 1 is 0.938 bits per heavy atom. The van der Waals surface area contributed by atoms with Crippen LogP contribution in [0.1, 0.15) is 40.5 Å². The van der Waals surface area contributed by atoms with Crippen LogP contribution in [0.4, 0.5) is 0 Å². The third kappa shape index (κ3) is 4.96. The summed E-state index contributed by atoms with van der Waals surface area (Å²) in [6.07, 6.45) is -0.190. The Labute approximate surface area is 95.4 Å². The summed E-state index contributed by atoms with van der Waals surface area (Å²) in [5, 5.41) is 0. The highest BCUT2D eigenvalue weighted by Gasteiger charge is 2.26. The standard InChI is InChI=1S/C12H18O4/c1-7(2)5-9(13)6-10(14)12(16)11(15)8(3)4/h7-8H,5-6H2,1-4H3. The lowest BCUT2D eigenvalue weighted by Gasteiger charge is -2.04. The molecule has 0 unspecified atom stereocenters. The minimum absolute atomic E-state index is 0.149. The van der Waals surface area contributed by atoms with Crippen molar-refractivity contribution in [3.05, 3.63) is 0 Å². The summed E-state index contributed by atoms with van der Waals surface area (Å²) in [5.74, 6) is -3.29. The van der Waals surface area contributed by atoms with E-state index in [-0.39, 0.29) is 18.1 Å². The van der Waals surface area contributed by atoms with Gasteiger partial charge in [-0.25, -0.2) is 0 Å². The van der Waals surface area contributed by atoms with E-state index in [1.54, 1.807) is 13.8 Å². The zero-order valence-electron chi connectivity index (χ0n) is 10.2. The molecule has 0 bridgehead atoms. The average Bonchev–Trinajstić information content (AvgIpc) is 2.13. The fourth-order valence-corrected chi connectivity index (χ4v) is 1.19. The van der Waals surface area contributed by atoms with Gasteiger partial charge in [0, 0.05) is 12.3 Å². The van der Waals surface area contributed by atoms with Gasteiger partial charge in [-0.2, -0.15) is 0 Å². The molecule has 0 aliphatic heterocycles. The van der Waals surface area contributed by atoms with Gasteiger partial charge in [0.1, 0.15) is 5.78 Å². The van der Waals surface area contributed by atoms with Crippen molar-refractivity contribution < 1.29 is 19.2 Å². The molecule has 0 rings (SSSR count). The second kappa shape index (κ2) is 6.30. The summed E-state index contributed by atoms with van der Waals surface area (Å²) in [7, 11) is 0. The SMILES string of the molecule is CC(C)CC(=O)CC(=O)C(=O)C(=O)C(C)C. The molecular formula is C12H18O4. The number of hydrogen-bond acceptors (Lipinski definition) is 4. The van der Waals surface area contributed by atoms with E-state index in [1.807, 2.05) is 13.8 Å². The van der Waals surface area contributed by atoms with Crippen LogP contribution in [0.25, 0.3) is 0 Å². The molecule has 0 heterocycles. The van der Waals surface area contributed by atoms with Gasteiger partial charge in [0.2, 0.25) is 11.6 Å². The monoisotopic (exact) mass is 226 g/mol. The zero-order chi connectivity index (χ0) is 12.9. The van der Waals surface area contributed by atoms with Gasteiger partial charge < -0.3 is 0 Å². The van der Waals surface area contributed by atoms with E-state index in [4.69, 9.17) is 0 Å². The van der Waals surface area contributed by atoms with Crippen LogP contribution in [0.2, 0.25) is 0 Å². The van der Waals surface area contributed by atoms with E-state index in [0.717, 1.165) is 0 Å². The van der Waals surface area contributed by atoms with E-state index in [9.17, 15) is 19.2 Å². The molecule has 4 heteroatoms. The molecule has 0 amide bonds. The van der Waals surface area contributed by atoms with Crippen LogP contribution in [0.5, 0.6) is 0 Å². The Morgan fingerprint density at radius 3 is 1.81 bits per heavy atom. The summed E-state index contributed by atoms with van der Waals surface area (Å²) < 4.78 is 0. The molecule has 0 aliphatic rings. The molecule has 0 aromatic carbocycles. The van der Waals surface area contributed by atoms with Crippen molar-refractivity contribution in [2.24, 2.45) is 11.8 Å². The van der Waals surface area contributed by atoms with E-state index in [2.05, 4.69) is 0 Å². The molecule has 0 N–H and O–H groups in total. The predicted octanol–water partition coefficient (Wildman–Crippen LogP) is 1.35. The second-order valence-corrected chi connectivity index (χ2v) is 4.58.